The van der Waals surface area contributed by atoms with E-state index < -0.39 is 8.07 Å². The van der Waals surface area contributed by atoms with Crippen LogP contribution in [0.25, 0.3) is 11.1 Å². The average Bonchev–Trinajstić information content (AvgIpc) is 3.44. The van der Waals surface area contributed by atoms with E-state index in [-0.39, 0.29) is 5.41 Å². The fraction of sp³-hybridized carbons (Fsp3) is 0.471. The van der Waals surface area contributed by atoms with Crippen LogP contribution < -0.4 is 15.3 Å². The molecule has 4 fully saturated rings. The Morgan fingerprint density at radius 1 is 0.861 bits per heavy atom. The molecule has 0 N–H and O–H groups in total. The van der Waals surface area contributed by atoms with Crippen LogP contribution >= 0.6 is 0 Å². The summed E-state index contributed by atoms with van der Waals surface area (Å²) in [5.74, 6) is 4.98. The highest BCUT2D eigenvalue weighted by Crippen LogP contribution is 2.84. The summed E-state index contributed by atoms with van der Waals surface area (Å²) in [6, 6.07) is 21.8. The molecule has 6 unspecified atom stereocenters. The smallest absolute Gasteiger partial charge is 0.118 e. The minimum atomic E-state index is -1.93. The Bertz CT molecular complexity index is 1510. The third kappa shape index (κ3) is 2.01. The van der Waals surface area contributed by atoms with Gasteiger partial charge in [-0.25, -0.2) is 0 Å². The van der Waals surface area contributed by atoms with E-state index in [0.717, 1.165) is 35.0 Å². The molecule has 1 nitrogen and oxygen atoms in total. The number of fused-ring (bicyclic) bond motifs is 7. The molecule has 9 rings (SSSR count). The molecule has 0 amide bonds. The average molecular weight is 488 g/mol. The Morgan fingerprint density at radius 3 is 2.44 bits per heavy atom. The number of benzene rings is 3. The molecule has 0 radical (unpaired) electrons. The van der Waals surface area contributed by atoms with Crippen LogP contribution in [0.2, 0.25) is 13.1 Å². The van der Waals surface area contributed by atoms with E-state index in [1.54, 1.807) is 34.3 Å². The van der Waals surface area contributed by atoms with Gasteiger partial charge in [0.25, 0.3) is 0 Å². The van der Waals surface area contributed by atoms with E-state index in [9.17, 15) is 0 Å². The van der Waals surface area contributed by atoms with Crippen LogP contribution in [-0.4, -0.2) is 15.1 Å². The van der Waals surface area contributed by atoms with Crippen molar-refractivity contribution in [2.75, 3.05) is 11.9 Å². The summed E-state index contributed by atoms with van der Waals surface area (Å²) in [4.78, 5) is 2.52. The molecule has 1 aliphatic heterocycles. The molecule has 2 bridgehead atoms. The highest BCUT2D eigenvalue weighted by molar-refractivity contribution is 7.03. The standard InChI is InChI=1S/C34H37NSi/c1-33(2)25-9-7-6-8-23(25)24-11-13-28-32(31(24)33)36(4,5)29-15-19(10-12-27(29)35(28)3)30-20-14-21-16-22-17-26(30)34(21,22)18-20/h6-13,15,20-22,26,30H,14,16-18H2,1-5H3. The van der Waals surface area contributed by atoms with Crippen molar-refractivity contribution in [3.8, 4) is 11.1 Å². The fourth-order valence-electron chi connectivity index (χ4n) is 11.1. The second kappa shape index (κ2) is 6.04. The first-order valence-corrected chi connectivity index (χ1v) is 17.4. The summed E-state index contributed by atoms with van der Waals surface area (Å²) in [7, 11) is 0.383. The lowest BCUT2D eigenvalue weighted by Gasteiger charge is -2.68. The van der Waals surface area contributed by atoms with Crippen LogP contribution in [0.5, 0.6) is 0 Å². The van der Waals surface area contributed by atoms with Crippen LogP contribution in [0, 0.1) is 29.1 Å². The van der Waals surface area contributed by atoms with Crippen LogP contribution in [0.15, 0.2) is 54.6 Å². The van der Waals surface area contributed by atoms with Gasteiger partial charge in [0.1, 0.15) is 8.07 Å². The molecule has 5 aliphatic carbocycles. The zero-order valence-corrected chi connectivity index (χ0v) is 23.4. The molecule has 0 saturated heterocycles. The van der Waals surface area contributed by atoms with Crippen LogP contribution in [-0.2, 0) is 5.41 Å². The first-order chi connectivity index (χ1) is 17.2. The Balaban J connectivity index is 1.22. The number of nitrogens with zero attached hydrogens (tertiary/aromatic N) is 1. The normalized spacial score (nSPS) is 36.2. The van der Waals surface area contributed by atoms with E-state index >= 15 is 0 Å². The van der Waals surface area contributed by atoms with Crippen molar-refractivity contribution >= 4 is 29.8 Å². The molecule has 2 heteroatoms. The molecule has 4 saturated carbocycles. The first-order valence-electron chi connectivity index (χ1n) is 14.4. The Labute approximate surface area is 216 Å². The summed E-state index contributed by atoms with van der Waals surface area (Å²) in [6.07, 6.45) is 6.17. The number of rotatable bonds is 1. The highest BCUT2D eigenvalue weighted by atomic mass is 28.3. The largest absolute Gasteiger partial charge is 0.345 e. The van der Waals surface area contributed by atoms with Crippen molar-refractivity contribution in [1.29, 1.82) is 0 Å². The molecule has 1 heterocycles. The molecule has 36 heavy (non-hydrogen) atoms. The van der Waals surface area contributed by atoms with Crippen molar-refractivity contribution < 1.29 is 0 Å². The summed E-state index contributed by atoms with van der Waals surface area (Å²) < 4.78 is 0. The third-order valence-electron chi connectivity index (χ3n) is 12.6. The zero-order valence-electron chi connectivity index (χ0n) is 22.4. The number of anilines is 2. The molecular weight excluding hydrogens is 450 g/mol. The second-order valence-electron chi connectivity index (χ2n) is 14.3. The summed E-state index contributed by atoms with van der Waals surface area (Å²) in [6.45, 7) is 10.2. The maximum atomic E-state index is 2.73. The van der Waals surface area contributed by atoms with Gasteiger partial charge in [0.15, 0.2) is 0 Å². The topological polar surface area (TPSA) is 3.24 Å². The van der Waals surface area contributed by atoms with Gasteiger partial charge in [-0.05, 0) is 111 Å². The molecule has 0 aromatic heterocycles. The van der Waals surface area contributed by atoms with Gasteiger partial charge < -0.3 is 4.90 Å². The zero-order chi connectivity index (χ0) is 24.4. The minimum absolute atomic E-state index is 0.0431. The number of hydrogen-bond acceptors (Lipinski definition) is 1. The summed E-state index contributed by atoms with van der Waals surface area (Å²) in [5, 5.41) is 3.36. The van der Waals surface area contributed by atoms with E-state index in [1.165, 1.54) is 40.9 Å². The molecule has 1 spiro atoms. The summed E-state index contributed by atoms with van der Waals surface area (Å²) in [5.41, 5.74) is 11.5. The molecule has 3 aromatic carbocycles. The molecule has 6 atom stereocenters. The van der Waals surface area contributed by atoms with Crippen molar-refractivity contribution in [2.45, 2.75) is 64.0 Å². The molecule has 3 aromatic rings. The van der Waals surface area contributed by atoms with Gasteiger partial charge in [-0.1, -0.05) is 69.4 Å². The first kappa shape index (κ1) is 20.7. The van der Waals surface area contributed by atoms with E-state index in [0.29, 0.717) is 0 Å². The van der Waals surface area contributed by atoms with Gasteiger partial charge in [-0.3, -0.25) is 0 Å². The van der Waals surface area contributed by atoms with Crippen molar-refractivity contribution in [3.63, 3.8) is 0 Å². The Hall–Kier alpha value is -2.32. The fourth-order valence-corrected chi connectivity index (χ4v) is 14.8. The lowest BCUT2D eigenvalue weighted by atomic mass is 9.37. The maximum absolute atomic E-state index is 2.73. The second-order valence-corrected chi connectivity index (χ2v) is 18.6. The number of hydrogen-bond donors (Lipinski definition) is 0. The minimum Gasteiger partial charge on any atom is -0.345 e. The van der Waals surface area contributed by atoms with Gasteiger partial charge in [0.2, 0.25) is 0 Å². The predicted molar refractivity (Wildman–Crippen MR) is 153 cm³/mol. The molecular formula is C34H37NSi. The Kier molecular flexibility index (Phi) is 3.47. The quantitative estimate of drug-likeness (QED) is 0.333. The van der Waals surface area contributed by atoms with Crippen LogP contribution in [0.3, 0.4) is 0 Å². The van der Waals surface area contributed by atoms with Gasteiger partial charge in [0, 0.05) is 23.8 Å². The van der Waals surface area contributed by atoms with Crippen molar-refractivity contribution in [1.82, 2.24) is 0 Å². The highest BCUT2D eigenvalue weighted by Gasteiger charge is 2.76. The molecule has 6 aliphatic rings. The lowest BCUT2D eigenvalue weighted by molar-refractivity contribution is -0.181. The van der Waals surface area contributed by atoms with E-state index in [2.05, 4.69) is 93.5 Å². The van der Waals surface area contributed by atoms with Crippen LogP contribution in [0.1, 0.15) is 62.1 Å². The van der Waals surface area contributed by atoms with Gasteiger partial charge >= 0.3 is 0 Å². The summed E-state index contributed by atoms with van der Waals surface area (Å²) >= 11 is 0. The van der Waals surface area contributed by atoms with Gasteiger partial charge in [-0.2, -0.15) is 0 Å². The maximum Gasteiger partial charge on any atom is 0.118 e. The lowest BCUT2D eigenvalue weighted by Crippen LogP contribution is -2.61. The van der Waals surface area contributed by atoms with Crippen molar-refractivity contribution in [3.05, 3.63) is 71.3 Å². The van der Waals surface area contributed by atoms with Crippen LogP contribution in [0.4, 0.5) is 11.4 Å². The SMILES string of the molecule is CN1c2ccc(C3C4CC5CC6CC3C56C4)cc2[Si](C)(C)c2c1ccc1c2C(C)(C)c2ccccc2-1. The monoisotopic (exact) mass is 487 g/mol. The van der Waals surface area contributed by atoms with Gasteiger partial charge in [-0.15, -0.1) is 0 Å². The Morgan fingerprint density at radius 2 is 1.64 bits per heavy atom. The predicted octanol–water partition coefficient (Wildman–Crippen LogP) is 7.05. The van der Waals surface area contributed by atoms with Gasteiger partial charge in [0.05, 0.1) is 0 Å². The third-order valence-corrected chi connectivity index (χ3v) is 16.1. The molecule has 182 valence electrons. The van der Waals surface area contributed by atoms with E-state index in [4.69, 9.17) is 0 Å². The van der Waals surface area contributed by atoms with E-state index in [1.807, 2.05) is 0 Å². The van der Waals surface area contributed by atoms with Crippen molar-refractivity contribution in [2.24, 2.45) is 29.1 Å².